The van der Waals surface area contributed by atoms with Crippen LogP contribution in [0.3, 0.4) is 0 Å². The predicted octanol–water partition coefficient (Wildman–Crippen LogP) is 2.89. The molecule has 4 heteroatoms. The third-order valence-corrected chi connectivity index (χ3v) is 4.20. The fourth-order valence-electron chi connectivity index (χ4n) is 1.92. The molecule has 0 amide bonds. The van der Waals surface area contributed by atoms with Crippen LogP contribution < -0.4 is 5.73 Å². The summed E-state index contributed by atoms with van der Waals surface area (Å²) < 4.78 is 3.21. The Bertz CT molecular complexity index is 346. The van der Waals surface area contributed by atoms with E-state index in [2.05, 4.69) is 46.5 Å². The summed E-state index contributed by atoms with van der Waals surface area (Å²) >= 11 is 3.62. The largest absolute Gasteiger partial charge is 0.327 e. The maximum Gasteiger partial charge on any atom is 0.0738 e. The van der Waals surface area contributed by atoms with E-state index in [4.69, 9.17) is 5.73 Å². The number of aromatic nitrogens is 2. The van der Waals surface area contributed by atoms with Gasteiger partial charge in [0.1, 0.15) is 0 Å². The van der Waals surface area contributed by atoms with Gasteiger partial charge in [0, 0.05) is 12.6 Å². The van der Waals surface area contributed by atoms with Crippen LogP contribution in [0.25, 0.3) is 0 Å². The highest BCUT2D eigenvalue weighted by Crippen LogP contribution is 2.24. The van der Waals surface area contributed by atoms with E-state index in [1.807, 2.05) is 6.92 Å². The molecule has 0 bridgehead atoms. The van der Waals surface area contributed by atoms with E-state index in [0.717, 1.165) is 29.6 Å². The zero-order chi connectivity index (χ0) is 12.3. The highest BCUT2D eigenvalue weighted by Gasteiger charge is 2.18. The van der Waals surface area contributed by atoms with Crippen molar-refractivity contribution in [3.05, 3.63) is 15.9 Å². The van der Waals surface area contributed by atoms with Crippen molar-refractivity contribution in [3.63, 3.8) is 0 Å². The van der Waals surface area contributed by atoms with Gasteiger partial charge in [-0.15, -0.1) is 0 Å². The number of rotatable bonds is 5. The molecule has 2 atom stereocenters. The second-order valence-corrected chi connectivity index (χ2v) is 5.21. The lowest BCUT2D eigenvalue weighted by molar-refractivity contribution is 0.427. The van der Waals surface area contributed by atoms with Crippen LogP contribution in [0, 0.1) is 12.8 Å². The van der Waals surface area contributed by atoms with Crippen molar-refractivity contribution < 1.29 is 0 Å². The normalized spacial score (nSPS) is 15.1. The third-order valence-electron chi connectivity index (χ3n) is 3.17. The van der Waals surface area contributed by atoms with Gasteiger partial charge in [0.15, 0.2) is 0 Å². The maximum atomic E-state index is 6.07. The molecule has 0 aliphatic carbocycles. The average Bonchev–Trinajstić information content (AvgIpc) is 2.55. The molecule has 0 saturated carbocycles. The highest BCUT2D eigenvalue weighted by molar-refractivity contribution is 9.10. The Morgan fingerprint density at radius 1 is 1.44 bits per heavy atom. The molecule has 0 saturated heterocycles. The first-order valence-corrected chi connectivity index (χ1v) is 6.77. The van der Waals surface area contributed by atoms with Crippen LogP contribution in [-0.2, 0) is 13.0 Å². The number of hydrogen-bond acceptors (Lipinski definition) is 2. The first-order valence-electron chi connectivity index (χ1n) is 5.98. The van der Waals surface area contributed by atoms with E-state index in [9.17, 15) is 0 Å². The molecule has 1 aromatic heterocycles. The summed E-state index contributed by atoms with van der Waals surface area (Å²) in [6.45, 7) is 9.41. The number of halogens is 1. The van der Waals surface area contributed by atoms with Crippen molar-refractivity contribution in [2.24, 2.45) is 11.7 Å². The minimum absolute atomic E-state index is 0.271. The number of nitrogens with two attached hydrogens (primary N) is 1. The van der Waals surface area contributed by atoms with Crippen LogP contribution in [0.1, 0.15) is 38.6 Å². The summed E-state index contributed by atoms with van der Waals surface area (Å²) in [6.07, 6.45) is 2.02. The molecule has 1 heterocycles. The summed E-state index contributed by atoms with van der Waals surface area (Å²) in [5.41, 5.74) is 8.41. The number of aryl methyl sites for hydroxylation is 2. The van der Waals surface area contributed by atoms with Gasteiger partial charge in [-0.05, 0) is 48.5 Å². The second kappa shape index (κ2) is 5.82. The monoisotopic (exact) mass is 287 g/mol. The lowest BCUT2D eigenvalue weighted by Gasteiger charge is -2.18. The van der Waals surface area contributed by atoms with Crippen molar-refractivity contribution in [2.45, 2.75) is 53.1 Å². The SMILES string of the molecule is CCC(N)C(C)Cc1c(Br)c(C)nn1CC. The van der Waals surface area contributed by atoms with Crippen molar-refractivity contribution in [1.82, 2.24) is 9.78 Å². The van der Waals surface area contributed by atoms with Gasteiger partial charge in [-0.1, -0.05) is 13.8 Å². The Hall–Kier alpha value is -0.350. The van der Waals surface area contributed by atoms with Crippen LogP contribution in [0.4, 0.5) is 0 Å². The molecular weight excluding hydrogens is 266 g/mol. The highest BCUT2D eigenvalue weighted by atomic mass is 79.9. The van der Waals surface area contributed by atoms with Gasteiger partial charge >= 0.3 is 0 Å². The van der Waals surface area contributed by atoms with Crippen molar-refractivity contribution in [3.8, 4) is 0 Å². The zero-order valence-corrected chi connectivity index (χ0v) is 12.2. The van der Waals surface area contributed by atoms with Gasteiger partial charge in [-0.25, -0.2) is 0 Å². The molecule has 16 heavy (non-hydrogen) atoms. The van der Waals surface area contributed by atoms with Gasteiger partial charge < -0.3 is 5.73 Å². The van der Waals surface area contributed by atoms with Crippen LogP contribution >= 0.6 is 15.9 Å². The van der Waals surface area contributed by atoms with E-state index in [1.54, 1.807) is 0 Å². The van der Waals surface area contributed by atoms with Crippen LogP contribution in [-0.4, -0.2) is 15.8 Å². The third kappa shape index (κ3) is 2.86. The molecule has 2 unspecified atom stereocenters. The van der Waals surface area contributed by atoms with E-state index in [0.29, 0.717) is 5.92 Å². The summed E-state index contributed by atoms with van der Waals surface area (Å²) in [6, 6.07) is 0.271. The zero-order valence-electron chi connectivity index (χ0n) is 10.6. The maximum absolute atomic E-state index is 6.07. The molecule has 0 spiro atoms. The molecule has 0 radical (unpaired) electrons. The first-order chi connectivity index (χ1) is 7.51. The van der Waals surface area contributed by atoms with E-state index >= 15 is 0 Å². The van der Waals surface area contributed by atoms with Crippen molar-refractivity contribution >= 4 is 15.9 Å². The van der Waals surface area contributed by atoms with Crippen molar-refractivity contribution in [2.75, 3.05) is 0 Å². The topological polar surface area (TPSA) is 43.8 Å². The fourth-order valence-corrected chi connectivity index (χ4v) is 2.37. The number of nitrogens with zero attached hydrogens (tertiary/aromatic N) is 2. The Morgan fingerprint density at radius 2 is 2.06 bits per heavy atom. The van der Waals surface area contributed by atoms with Crippen molar-refractivity contribution in [1.29, 1.82) is 0 Å². The van der Waals surface area contributed by atoms with Gasteiger partial charge in [0.25, 0.3) is 0 Å². The molecule has 2 N–H and O–H groups in total. The molecule has 1 aromatic rings. The molecule has 0 aliphatic heterocycles. The van der Waals surface area contributed by atoms with Gasteiger partial charge in [-0.3, -0.25) is 4.68 Å². The van der Waals surface area contributed by atoms with Gasteiger partial charge in [0.05, 0.1) is 15.9 Å². The van der Waals surface area contributed by atoms with E-state index in [-0.39, 0.29) is 6.04 Å². The Morgan fingerprint density at radius 3 is 2.56 bits per heavy atom. The molecule has 1 rings (SSSR count). The minimum atomic E-state index is 0.271. The first kappa shape index (κ1) is 13.7. The lowest BCUT2D eigenvalue weighted by Crippen LogP contribution is -2.29. The van der Waals surface area contributed by atoms with Crippen LogP contribution in [0.2, 0.25) is 0 Å². The quantitative estimate of drug-likeness (QED) is 0.905. The molecule has 92 valence electrons. The lowest BCUT2D eigenvalue weighted by atomic mass is 9.95. The summed E-state index contributed by atoms with van der Waals surface area (Å²) in [5.74, 6) is 0.489. The fraction of sp³-hybridized carbons (Fsp3) is 0.750. The molecule has 0 fully saturated rings. The number of hydrogen-bond donors (Lipinski definition) is 1. The van der Waals surface area contributed by atoms with Gasteiger partial charge in [-0.2, -0.15) is 5.10 Å². The van der Waals surface area contributed by atoms with Crippen LogP contribution in [0.15, 0.2) is 4.47 Å². The van der Waals surface area contributed by atoms with Gasteiger partial charge in [0.2, 0.25) is 0 Å². The second-order valence-electron chi connectivity index (χ2n) is 4.42. The Balaban J connectivity index is 2.87. The Kier molecular flexibility index (Phi) is 4.99. The predicted molar refractivity (Wildman–Crippen MR) is 71.5 cm³/mol. The van der Waals surface area contributed by atoms with E-state index in [1.165, 1.54) is 5.69 Å². The summed E-state index contributed by atoms with van der Waals surface area (Å²) in [4.78, 5) is 0. The smallest absolute Gasteiger partial charge is 0.0738 e. The molecule has 0 aliphatic rings. The average molecular weight is 288 g/mol. The molecule has 3 nitrogen and oxygen atoms in total. The minimum Gasteiger partial charge on any atom is -0.327 e. The Labute approximate surface area is 107 Å². The standard InChI is InChI=1S/C12H22BrN3/c1-5-10(14)8(3)7-11-12(13)9(4)15-16(11)6-2/h8,10H,5-7,14H2,1-4H3. The summed E-state index contributed by atoms with van der Waals surface area (Å²) in [5, 5.41) is 4.50. The summed E-state index contributed by atoms with van der Waals surface area (Å²) in [7, 11) is 0. The molecule has 0 aromatic carbocycles. The molecular formula is C12H22BrN3. The van der Waals surface area contributed by atoms with E-state index < -0.39 is 0 Å². The van der Waals surface area contributed by atoms with Crippen LogP contribution in [0.5, 0.6) is 0 Å².